The molecule has 4 atom stereocenters. The van der Waals surface area contributed by atoms with Crippen LogP contribution in [-0.4, -0.2) is 46.2 Å². The maximum atomic E-state index is 2.58. The van der Waals surface area contributed by atoms with Crippen LogP contribution >= 0.6 is 0 Å². The van der Waals surface area contributed by atoms with Crippen molar-refractivity contribution in [2.45, 2.75) is 81.0 Å². The molecule has 1 saturated heterocycles. The summed E-state index contributed by atoms with van der Waals surface area (Å²) in [4.78, 5) is 0. The Hall–Kier alpha value is -0.886. The molecule has 1 aliphatic heterocycles. The molecule has 0 radical (unpaired) electrons. The van der Waals surface area contributed by atoms with Crippen molar-refractivity contribution in [3.63, 3.8) is 0 Å². The Balaban J connectivity index is 1.65. The van der Waals surface area contributed by atoms with Gasteiger partial charge in [0.2, 0.25) is 0 Å². The number of benzene rings is 4. The topological polar surface area (TPSA) is 0 Å². The summed E-state index contributed by atoms with van der Waals surface area (Å²) in [6.07, 6.45) is 15.9. The van der Waals surface area contributed by atoms with Crippen LogP contribution in [0.4, 0.5) is 0 Å². The summed E-state index contributed by atoms with van der Waals surface area (Å²) < 4.78 is 7.17. The first-order valence-corrected chi connectivity index (χ1v) is 37.8. The molecule has 0 N–H and O–H groups in total. The van der Waals surface area contributed by atoms with Gasteiger partial charge in [0.25, 0.3) is 0 Å². The van der Waals surface area contributed by atoms with E-state index in [1.54, 1.807) is 17.4 Å². The Morgan fingerprint density at radius 1 is 0.268 bits per heavy atom. The van der Waals surface area contributed by atoms with E-state index in [1.807, 2.05) is 0 Å². The molecule has 4 heteroatoms. The first kappa shape index (κ1) is 31.5. The summed E-state index contributed by atoms with van der Waals surface area (Å²) in [6.45, 7) is 0. The predicted octanol–water partition coefficient (Wildman–Crippen LogP) is 7.13. The van der Waals surface area contributed by atoms with Crippen molar-refractivity contribution >= 4 is 63.6 Å². The van der Waals surface area contributed by atoms with Crippen molar-refractivity contribution in [1.29, 1.82) is 0 Å². The molecule has 0 aliphatic carbocycles. The number of hydrogen-bond acceptors (Lipinski definition) is 0. The van der Waals surface area contributed by atoms with Crippen LogP contribution in [0.5, 0.6) is 0 Å². The van der Waals surface area contributed by atoms with Gasteiger partial charge in [0.15, 0.2) is 0 Å². The summed E-state index contributed by atoms with van der Waals surface area (Å²) in [7, 11) is -2.70. The van der Waals surface area contributed by atoms with Crippen LogP contribution in [0.15, 0.2) is 121 Å². The first-order valence-electron chi connectivity index (χ1n) is 15.8. The van der Waals surface area contributed by atoms with E-state index >= 15 is 0 Å². The van der Waals surface area contributed by atoms with Gasteiger partial charge in [-0.2, -0.15) is 0 Å². The van der Waals surface area contributed by atoms with E-state index in [4.69, 9.17) is 0 Å². The summed E-state index contributed by atoms with van der Waals surface area (Å²) in [5, 5.41) is 3.03. The molecule has 4 aromatic carbocycles. The average molecular weight is 790 g/mol. The van der Waals surface area contributed by atoms with Crippen molar-refractivity contribution in [3.05, 3.63) is 121 Å². The third kappa shape index (κ3) is 9.55. The molecule has 214 valence electrons. The van der Waals surface area contributed by atoms with Gasteiger partial charge in [-0.1, -0.05) is 0 Å². The van der Waals surface area contributed by atoms with Gasteiger partial charge in [-0.25, -0.2) is 0 Å². The van der Waals surface area contributed by atoms with Crippen LogP contribution in [0, 0.1) is 0 Å². The van der Waals surface area contributed by atoms with Crippen molar-refractivity contribution in [2.24, 2.45) is 0 Å². The molecule has 1 fully saturated rings. The molecule has 0 aromatic heterocycles. The molecular formula is C37H46As4. The molecular weight excluding hydrogens is 744 g/mol. The van der Waals surface area contributed by atoms with Crippen LogP contribution in [0.1, 0.15) is 70.6 Å². The first-order chi connectivity index (χ1) is 20.4. The molecule has 1 heterocycles. The van der Waals surface area contributed by atoms with Crippen LogP contribution in [0.3, 0.4) is 0 Å². The van der Waals surface area contributed by atoms with Crippen LogP contribution in [-0.2, 0) is 0 Å². The van der Waals surface area contributed by atoms with E-state index in [-0.39, 0.29) is 0 Å². The number of hydrogen-bond donors (Lipinski definition) is 0. The van der Waals surface area contributed by atoms with E-state index in [0.29, 0.717) is 0 Å². The zero-order chi connectivity index (χ0) is 28.0. The molecule has 4 unspecified atom stereocenters. The molecule has 0 spiro atoms. The third-order valence-corrected chi connectivity index (χ3v) is 117. The third-order valence-electron chi connectivity index (χ3n) is 7.96. The summed E-state index contributed by atoms with van der Waals surface area (Å²) in [5.41, 5.74) is 0. The minimum absolute atomic E-state index is 1.28. The van der Waals surface area contributed by atoms with Crippen LogP contribution < -0.4 is 17.4 Å². The van der Waals surface area contributed by atoms with Gasteiger partial charge in [0.1, 0.15) is 0 Å². The quantitative estimate of drug-likeness (QED) is 0.193. The van der Waals surface area contributed by atoms with Crippen LogP contribution in [0.2, 0.25) is 10.4 Å². The van der Waals surface area contributed by atoms with E-state index < -0.39 is 46.2 Å². The van der Waals surface area contributed by atoms with Gasteiger partial charge in [0, 0.05) is 0 Å². The molecule has 0 bridgehead atoms. The van der Waals surface area contributed by atoms with Gasteiger partial charge in [0.05, 0.1) is 0 Å². The standard InChI is InChI=1S/C37H46As4/c1-2-4-6-8-22-32-38(34-24-14-10-15-25-34)40(36-28-18-12-19-29-36)41(37-30-20-13-21-31-37)39(33-23-9-7-5-3-1)35-26-16-11-17-27-35/h10-21,24-31H,1-9,22-23,32-33H2. The molecule has 4 aromatic rings. The van der Waals surface area contributed by atoms with Gasteiger partial charge < -0.3 is 0 Å². The summed E-state index contributed by atoms with van der Waals surface area (Å²) >= 11 is -2.55. The maximum absolute atomic E-state index is 2.58. The van der Waals surface area contributed by atoms with E-state index in [0.717, 1.165) is 0 Å². The Labute approximate surface area is 263 Å². The second-order valence-electron chi connectivity index (χ2n) is 11.1. The molecule has 0 nitrogen and oxygen atoms in total. The van der Waals surface area contributed by atoms with E-state index in [1.165, 1.54) is 81.0 Å². The Morgan fingerprint density at radius 3 is 0.805 bits per heavy atom. The summed E-state index contributed by atoms with van der Waals surface area (Å²) in [5.74, 6) is 0. The molecule has 0 saturated carbocycles. The van der Waals surface area contributed by atoms with Crippen molar-refractivity contribution < 1.29 is 0 Å². The van der Waals surface area contributed by atoms with Gasteiger partial charge in [-0.15, -0.1) is 0 Å². The Morgan fingerprint density at radius 2 is 0.512 bits per heavy atom. The van der Waals surface area contributed by atoms with Crippen molar-refractivity contribution in [1.82, 2.24) is 0 Å². The summed E-state index contributed by atoms with van der Waals surface area (Å²) in [6, 6.07) is 48.3. The zero-order valence-electron chi connectivity index (χ0n) is 24.5. The Bertz CT molecular complexity index is 1130. The Kier molecular flexibility index (Phi) is 13.9. The molecule has 0 amide bonds. The second kappa shape index (κ2) is 18.0. The van der Waals surface area contributed by atoms with E-state index in [9.17, 15) is 0 Å². The molecule has 41 heavy (non-hydrogen) atoms. The van der Waals surface area contributed by atoms with Gasteiger partial charge in [-0.3, -0.25) is 0 Å². The fourth-order valence-electron chi connectivity index (χ4n) is 5.81. The monoisotopic (exact) mass is 790 g/mol. The predicted molar refractivity (Wildman–Crippen MR) is 188 cm³/mol. The van der Waals surface area contributed by atoms with Gasteiger partial charge in [-0.05, 0) is 0 Å². The van der Waals surface area contributed by atoms with Crippen molar-refractivity contribution in [3.8, 4) is 0 Å². The SMILES string of the molecule is c1ccc([As]2CCCCCCCCCCCCC[As](c3ccccc3)[As](c3ccccc3)[As]2c2ccccc2)cc1. The van der Waals surface area contributed by atoms with E-state index in [2.05, 4.69) is 121 Å². The fraction of sp³-hybridized carbons (Fsp3) is 0.351. The fourth-order valence-corrected chi connectivity index (χ4v) is 167. The van der Waals surface area contributed by atoms with Gasteiger partial charge >= 0.3 is 266 Å². The second-order valence-corrected chi connectivity index (χ2v) is 66.5. The van der Waals surface area contributed by atoms with Crippen LogP contribution in [0.25, 0.3) is 0 Å². The average Bonchev–Trinajstić information content (AvgIpc) is 3.04. The van der Waals surface area contributed by atoms with Crippen molar-refractivity contribution in [2.75, 3.05) is 0 Å². The number of rotatable bonds is 4. The normalized spacial score (nSPS) is 23.8. The zero-order valence-corrected chi connectivity index (χ0v) is 32.0. The molecule has 1 aliphatic rings. The minimum atomic E-state index is -1.35. The molecule has 5 rings (SSSR count).